The van der Waals surface area contributed by atoms with Crippen LogP contribution >= 0.6 is 50.7 Å². The molecule has 108 valence electrons. The first-order valence-electron chi connectivity index (χ1n) is 6.23. The van der Waals surface area contributed by atoms with Gasteiger partial charge in [-0.3, -0.25) is 0 Å². The van der Waals surface area contributed by atoms with E-state index in [1.807, 2.05) is 18.2 Å². The quantitative estimate of drug-likeness (QED) is 0.498. The highest BCUT2D eigenvalue weighted by molar-refractivity contribution is 9.10. The van der Waals surface area contributed by atoms with E-state index in [1.165, 1.54) is 0 Å². The van der Waals surface area contributed by atoms with E-state index < -0.39 is 0 Å². The van der Waals surface area contributed by atoms with Crippen LogP contribution in [0.5, 0.6) is 0 Å². The number of rotatable bonds is 3. The van der Waals surface area contributed by atoms with E-state index in [4.69, 9.17) is 34.8 Å². The Kier molecular flexibility index (Phi) is 4.46. The summed E-state index contributed by atoms with van der Waals surface area (Å²) >= 11 is 21.6. The van der Waals surface area contributed by atoms with Gasteiger partial charge in [0, 0.05) is 11.0 Å². The number of hydrogen-bond donors (Lipinski definition) is 0. The molecular formula is C15H10BrCl3N2. The molecule has 0 saturated carbocycles. The molecule has 0 spiro atoms. The number of nitrogens with zero attached hydrogens (tertiary/aromatic N) is 2. The minimum atomic E-state index is 0.334. The van der Waals surface area contributed by atoms with Gasteiger partial charge in [-0.15, -0.1) is 11.6 Å². The van der Waals surface area contributed by atoms with Crippen molar-refractivity contribution in [1.29, 1.82) is 0 Å². The van der Waals surface area contributed by atoms with Crippen LogP contribution in [0.15, 0.2) is 40.9 Å². The fourth-order valence-corrected chi connectivity index (χ4v) is 3.01. The van der Waals surface area contributed by atoms with E-state index in [1.54, 1.807) is 6.07 Å². The van der Waals surface area contributed by atoms with Crippen molar-refractivity contribution >= 4 is 61.8 Å². The van der Waals surface area contributed by atoms with Crippen molar-refractivity contribution in [2.24, 2.45) is 0 Å². The fourth-order valence-electron chi connectivity index (χ4n) is 2.22. The Labute approximate surface area is 145 Å². The van der Waals surface area contributed by atoms with Crippen LogP contribution in [0.4, 0.5) is 0 Å². The second-order valence-electron chi connectivity index (χ2n) is 4.63. The molecule has 0 saturated heterocycles. The van der Waals surface area contributed by atoms with E-state index in [9.17, 15) is 0 Å². The standard InChI is InChI=1S/C15H10BrCl3N2/c16-10-3-1-9(2-4-10)8-21-14-6-12(19)11(18)5-13(14)20-15(21)7-17/h1-6H,7-8H2. The SMILES string of the molecule is ClCc1nc2cc(Cl)c(Cl)cc2n1Cc1ccc(Br)cc1. The molecule has 2 aromatic carbocycles. The zero-order valence-electron chi connectivity index (χ0n) is 10.8. The number of imidazole rings is 1. The highest BCUT2D eigenvalue weighted by Gasteiger charge is 2.12. The molecule has 0 aliphatic carbocycles. The monoisotopic (exact) mass is 402 g/mol. The second-order valence-corrected chi connectivity index (χ2v) is 6.63. The van der Waals surface area contributed by atoms with E-state index in [0.29, 0.717) is 22.5 Å². The van der Waals surface area contributed by atoms with Crippen molar-refractivity contribution in [3.05, 3.63) is 62.3 Å². The summed E-state index contributed by atoms with van der Waals surface area (Å²) < 4.78 is 3.11. The zero-order valence-corrected chi connectivity index (χ0v) is 14.6. The first-order chi connectivity index (χ1) is 10.1. The van der Waals surface area contributed by atoms with Crippen molar-refractivity contribution < 1.29 is 0 Å². The molecule has 0 atom stereocenters. The lowest BCUT2D eigenvalue weighted by molar-refractivity contribution is 0.778. The number of alkyl halides is 1. The molecular weight excluding hydrogens is 394 g/mol. The summed E-state index contributed by atoms with van der Waals surface area (Å²) in [6.45, 7) is 0.684. The lowest BCUT2D eigenvalue weighted by Crippen LogP contribution is -2.03. The zero-order chi connectivity index (χ0) is 15.0. The molecule has 3 aromatic rings. The molecule has 0 aliphatic heterocycles. The number of benzene rings is 2. The number of fused-ring (bicyclic) bond motifs is 1. The van der Waals surface area contributed by atoms with Gasteiger partial charge in [-0.25, -0.2) is 4.98 Å². The Morgan fingerprint density at radius 3 is 2.38 bits per heavy atom. The Bertz CT molecular complexity index is 797. The fraction of sp³-hybridized carbons (Fsp3) is 0.133. The molecule has 1 heterocycles. The van der Waals surface area contributed by atoms with Gasteiger partial charge in [-0.1, -0.05) is 51.3 Å². The van der Waals surface area contributed by atoms with Crippen molar-refractivity contribution in [2.75, 3.05) is 0 Å². The second kappa shape index (κ2) is 6.17. The average Bonchev–Trinajstić information content (AvgIpc) is 2.79. The van der Waals surface area contributed by atoms with Crippen LogP contribution in [0, 0.1) is 0 Å². The molecule has 0 aliphatic rings. The maximum absolute atomic E-state index is 6.12. The van der Waals surface area contributed by atoms with Gasteiger partial charge in [0.05, 0.1) is 27.0 Å². The molecule has 0 fully saturated rings. The van der Waals surface area contributed by atoms with Gasteiger partial charge in [0.1, 0.15) is 5.82 Å². The number of hydrogen-bond acceptors (Lipinski definition) is 1. The highest BCUT2D eigenvalue weighted by atomic mass is 79.9. The number of halogens is 4. The maximum atomic E-state index is 6.12. The van der Waals surface area contributed by atoms with Crippen molar-refractivity contribution in [3.63, 3.8) is 0 Å². The van der Waals surface area contributed by atoms with Crippen molar-refractivity contribution in [2.45, 2.75) is 12.4 Å². The first-order valence-corrected chi connectivity index (χ1v) is 8.31. The van der Waals surface area contributed by atoms with Crippen LogP contribution in [-0.4, -0.2) is 9.55 Å². The summed E-state index contributed by atoms with van der Waals surface area (Å²) in [4.78, 5) is 4.53. The van der Waals surface area contributed by atoms with E-state index in [-0.39, 0.29) is 0 Å². The van der Waals surface area contributed by atoms with Gasteiger partial charge in [-0.05, 0) is 29.8 Å². The lowest BCUT2D eigenvalue weighted by atomic mass is 10.2. The predicted octanol–water partition coefficient (Wildman–Crippen LogP) is 5.89. The van der Waals surface area contributed by atoms with Crippen LogP contribution in [0.3, 0.4) is 0 Å². The van der Waals surface area contributed by atoms with E-state index in [0.717, 1.165) is 26.9 Å². The third-order valence-electron chi connectivity index (χ3n) is 3.24. The Morgan fingerprint density at radius 1 is 1.05 bits per heavy atom. The van der Waals surface area contributed by atoms with Crippen LogP contribution < -0.4 is 0 Å². The molecule has 6 heteroatoms. The maximum Gasteiger partial charge on any atom is 0.125 e. The number of aromatic nitrogens is 2. The first kappa shape index (κ1) is 15.2. The summed E-state index contributed by atoms with van der Waals surface area (Å²) in [5, 5.41) is 1.01. The van der Waals surface area contributed by atoms with Crippen molar-refractivity contribution in [3.8, 4) is 0 Å². The summed E-state index contributed by atoms with van der Waals surface area (Å²) in [7, 11) is 0. The van der Waals surface area contributed by atoms with Gasteiger partial charge in [-0.2, -0.15) is 0 Å². The summed E-state index contributed by atoms with van der Waals surface area (Å²) in [5.41, 5.74) is 2.90. The van der Waals surface area contributed by atoms with E-state index in [2.05, 4.69) is 37.6 Å². The van der Waals surface area contributed by atoms with Gasteiger partial charge in [0.2, 0.25) is 0 Å². The smallest absolute Gasteiger partial charge is 0.125 e. The van der Waals surface area contributed by atoms with Crippen LogP contribution in [-0.2, 0) is 12.4 Å². The third kappa shape index (κ3) is 3.07. The van der Waals surface area contributed by atoms with Gasteiger partial charge < -0.3 is 4.57 Å². The van der Waals surface area contributed by atoms with Crippen LogP contribution in [0.25, 0.3) is 11.0 Å². The molecule has 1 aromatic heterocycles. The minimum absolute atomic E-state index is 0.334. The minimum Gasteiger partial charge on any atom is -0.322 e. The Balaban J connectivity index is 2.11. The summed E-state index contributed by atoms with van der Waals surface area (Å²) in [6, 6.07) is 11.8. The molecule has 3 rings (SSSR count). The topological polar surface area (TPSA) is 17.8 Å². The Morgan fingerprint density at radius 2 is 1.71 bits per heavy atom. The lowest BCUT2D eigenvalue weighted by Gasteiger charge is -2.08. The highest BCUT2D eigenvalue weighted by Crippen LogP contribution is 2.29. The van der Waals surface area contributed by atoms with Gasteiger partial charge in [0.25, 0.3) is 0 Å². The van der Waals surface area contributed by atoms with E-state index >= 15 is 0 Å². The third-order valence-corrected chi connectivity index (χ3v) is 4.73. The molecule has 0 unspecified atom stereocenters. The van der Waals surface area contributed by atoms with Gasteiger partial charge in [0.15, 0.2) is 0 Å². The predicted molar refractivity (Wildman–Crippen MR) is 92.6 cm³/mol. The summed E-state index contributed by atoms with van der Waals surface area (Å²) in [6.07, 6.45) is 0. The van der Waals surface area contributed by atoms with Crippen LogP contribution in [0.2, 0.25) is 10.0 Å². The summed E-state index contributed by atoms with van der Waals surface area (Å²) in [5.74, 6) is 1.13. The van der Waals surface area contributed by atoms with Crippen LogP contribution in [0.1, 0.15) is 11.4 Å². The Hall–Kier alpha value is -0.740. The largest absolute Gasteiger partial charge is 0.322 e. The molecule has 0 bridgehead atoms. The average molecular weight is 405 g/mol. The molecule has 0 N–H and O–H groups in total. The molecule has 0 amide bonds. The molecule has 0 radical (unpaired) electrons. The normalized spacial score (nSPS) is 11.2. The molecule has 2 nitrogen and oxygen atoms in total. The molecule has 21 heavy (non-hydrogen) atoms. The van der Waals surface area contributed by atoms with Gasteiger partial charge >= 0.3 is 0 Å². The van der Waals surface area contributed by atoms with Crippen molar-refractivity contribution in [1.82, 2.24) is 9.55 Å².